The second-order valence-corrected chi connectivity index (χ2v) is 6.25. The number of hydrogen-bond acceptors (Lipinski definition) is 5. The van der Waals surface area contributed by atoms with Gasteiger partial charge >= 0.3 is 11.8 Å². The molecule has 0 aliphatic carbocycles. The third-order valence-corrected chi connectivity index (χ3v) is 4.10. The number of carbonyl (C=O) groups is 3. The molecule has 0 atom stereocenters. The predicted octanol–water partition coefficient (Wildman–Crippen LogP) is 1.05. The molecule has 0 radical (unpaired) electrons. The maximum absolute atomic E-state index is 11.9. The van der Waals surface area contributed by atoms with E-state index < -0.39 is 11.8 Å². The minimum absolute atomic E-state index is 0.00179. The lowest BCUT2D eigenvalue weighted by atomic mass is 10.2. The molecule has 1 fully saturated rings. The standard InChI is InChI=1S/C19H26N4O4/c1-2-3-10-20-18(25)19(26)22-21-13-15-6-8-16(9-7-15)27-14-17(24)23-11-4-5-12-23/h6-9,13H,2-5,10-12,14H2,1H3,(H,20,25)(H,22,26)/b21-13-. The first-order valence-corrected chi connectivity index (χ1v) is 9.22. The SMILES string of the molecule is CCCCNC(=O)C(=O)N/N=C\c1ccc(OCC(=O)N2CCCC2)cc1. The van der Waals surface area contributed by atoms with Gasteiger partial charge in [-0.3, -0.25) is 14.4 Å². The summed E-state index contributed by atoms with van der Waals surface area (Å²) in [5, 5.41) is 6.27. The van der Waals surface area contributed by atoms with Crippen molar-refractivity contribution in [3.05, 3.63) is 29.8 Å². The zero-order valence-electron chi connectivity index (χ0n) is 15.6. The minimum Gasteiger partial charge on any atom is -0.484 e. The molecular formula is C19H26N4O4. The van der Waals surface area contributed by atoms with E-state index >= 15 is 0 Å². The van der Waals surface area contributed by atoms with Gasteiger partial charge in [0.15, 0.2) is 6.61 Å². The highest BCUT2D eigenvalue weighted by Crippen LogP contribution is 2.12. The molecule has 1 aromatic rings. The second-order valence-electron chi connectivity index (χ2n) is 6.25. The topological polar surface area (TPSA) is 100 Å². The van der Waals surface area contributed by atoms with Gasteiger partial charge in [-0.25, -0.2) is 5.43 Å². The van der Waals surface area contributed by atoms with E-state index in [9.17, 15) is 14.4 Å². The zero-order chi connectivity index (χ0) is 19.5. The molecule has 1 aliphatic heterocycles. The van der Waals surface area contributed by atoms with Crippen LogP contribution in [0.1, 0.15) is 38.2 Å². The summed E-state index contributed by atoms with van der Waals surface area (Å²) in [7, 11) is 0. The molecule has 2 rings (SSSR count). The highest BCUT2D eigenvalue weighted by molar-refractivity contribution is 6.35. The van der Waals surface area contributed by atoms with Crippen molar-refractivity contribution in [1.29, 1.82) is 0 Å². The number of nitrogens with zero attached hydrogens (tertiary/aromatic N) is 2. The van der Waals surface area contributed by atoms with Gasteiger partial charge in [-0.15, -0.1) is 0 Å². The Morgan fingerprint density at radius 2 is 1.85 bits per heavy atom. The van der Waals surface area contributed by atoms with Gasteiger partial charge in [-0.2, -0.15) is 5.10 Å². The summed E-state index contributed by atoms with van der Waals surface area (Å²) in [4.78, 5) is 36.8. The molecule has 8 nitrogen and oxygen atoms in total. The summed E-state index contributed by atoms with van der Waals surface area (Å²) < 4.78 is 5.50. The number of amides is 3. The maximum atomic E-state index is 11.9. The monoisotopic (exact) mass is 374 g/mol. The minimum atomic E-state index is -0.803. The number of ether oxygens (including phenoxy) is 1. The molecular weight excluding hydrogens is 348 g/mol. The number of unbranched alkanes of at least 4 members (excludes halogenated alkanes) is 1. The number of hydrogen-bond donors (Lipinski definition) is 2. The van der Waals surface area contributed by atoms with Crippen LogP contribution in [0.15, 0.2) is 29.4 Å². The van der Waals surface area contributed by atoms with E-state index in [4.69, 9.17) is 4.74 Å². The van der Waals surface area contributed by atoms with Crippen LogP contribution in [0.5, 0.6) is 5.75 Å². The third-order valence-electron chi connectivity index (χ3n) is 4.10. The summed E-state index contributed by atoms with van der Waals surface area (Å²) in [6, 6.07) is 6.93. The summed E-state index contributed by atoms with van der Waals surface area (Å²) in [6.07, 6.45) is 5.29. The first-order chi connectivity index (χ1) is 13.1. The first kappa shape index (κ1) is 20.4. The van der Waals surface area contributed by atoms with Crippen LogP contribution in [0.2, 0.25) is 0 Å². The first-order valence-electron chi connectivity index (χ1n) is 9.22. The van der Waals surface area contributed by atoms with Crippen molar-refractivity contribution in [2.45, 2.75) is 32.6 Å². The van der Waals surface area contributed by atoms with Gasteiger partial charge in [0.2, 0.25) is 0 Å². The van der Waals surface area contributed by atoms with Gasteiger partial charge < -0.3 is 15.0 Å². The van der Waals surface area contributed by atoms with Crippen molar-refractivity contribution in [1.82, 2.24) is 15.6 Å². The van der Waals surface area contributed by atoms with Crippen molar-refractivity contribution >= 4 is 23.9 Å². The van der Waals surface area contributed by atoms with Crippen molar-refractivity contribution in [2.24, 2.45) is 5.10 Å². The van der Waals surface area contributed by atoms with Gasteiger partial charge in [0, 0.05) is 19.6 Å². The summed E-state index contributed by atoms with van der Waals surface area (Å²) in [5.74, 6) is -0.924. The van der Waals surface area contributed by atoms with Crippen molar-refractivity contribution in [3.63, 3.8) is 0 Å². The largest absolute Gasteiger partial charge is 0.484 e. The van der Waals surface area contributed by atoms with E-state index in [0.29, 0.717) is 12.3 Å². The Morgan fingerprint density at radius 3 is 2.52 bits per heavy atom. The Bertz CT molecular complexity index is 667. The van der Waals surface area contributed by atoms with Crippen LogP contribution in [0.25, 0.3) is 0 Å². The predicted molar refractivity (Wildman–Crippen MR) is 101 cm³/mol. The molecule has 0 spiro atoms. The van der Waals surface area contributed by atoms with Crippen LogP contribution in [-0.4, -0.2) is 55.1 Å². The van der Waals surface area contributed by atoms with E-state index in [2.05, 4.69) is 15.8 Å². The van der Waals surface area contributed by atoms with Gasteiger partial charge in [-0.1, -0.05) is 13.3 Å². The molecule has 0 unspecified atom stereocenters. The van der Waals surface area contributed by atoms with E-state index in [1.165, 1.54) is 6.21 Å². The molecule has 0 bridgehead atoms. The molecule has 1 aliphatic rings. The number of benzene rings is 1. The Balaban J connectivity index is 1.72. The van der Waals surface area contributed by atoms with Crippen LogP contribution in [0.4, 0.5) is 0 Å². The lowest BCUT2D eigenvalue weighted by Crippen LogP contribution is -2.38. The summed E-state index contributed by atoms with van der Waals surface area (Å²) >= 11 is 0. The van der Waals surface area contributed by atoms with E-state index in [1.54, 1.807) is 24.3 Å². The Hall–Kier alpha value is -2.90. The van der Waals surface area contributed by atoms with E-state index in [-0.39, 0.29) is 12.5 Å². The van der Waals surface area contributed by atoms with Gasteiger partial charge in [0.1, 0.15) is 5.75 Å². The molecule has 146 valence electrons. The summed E-state index contributed by atoms with van der Waals surface area (Å²) in [5.41, 5.74) is 2.90. The second kappa shape index (κ2) is 10.9. The van der Waals surface area contributed by atoms with Crippen molar-refractivity contribution in [3.8, 4) is 5.75 Å². The van der Waals surface area contributed by atoms with Crippen molar-refractivity contribution < 1.29 is 19.1 Å². The molecule has 2 N–H and O–H groups in total. The average molecular weight is 374 g/mol. The normalized spacial score (nSPS) is 13.6. The smallest absolute Gasteiger partial charge is 0.329 e. The van der Waals surface area contributed by atoms with Crippen LogP contribution in [0, 0.1) is 0 Å². The van der Waals surface area contributed by atoms with Crippen LogP contribution in [-0.2, 0) is 14.4 Å². The molecule has 3 amide bonds. The molecule has 1 heterocycles. The quantitative estimate of drug-likeness (QED) is 0.307. The van der Waals surface area contributed by atoms with Crippen molar-refractivity contribution in [2.75, 3.05) is 26.2 Å². The highest BCUT2D eigenvalue weighted by atomic mass is 16.5. The fourth-order valence-corrected chi connectivity index (χ4v) is 2.53. The van der Waals surface area contributed by atoms with Gasteiger partial charge in [0.05, 0.1) is 6.21 Å². The Labute approximate surface area is 158 Å². The Kier molecular flexibility index (Phi) is 8.28. The summed E-state index contributed by atoms with van der Waals surface area (Å²) in [6.45, 7) is 4.10. The van der Waals surface area contributed by atoms with Crippen LogP contribution >= 0.6 is 0 Å². The molecule has 0 aromatic heterocycles. The molecule has 27 heavy (non-hydrogen) atoms. The lowest BCUT2D eigenvalue weighted by molar-refractivity contribution is -0.139. The average Bonchev–Trinajstić information content (AvgIpc) is 3.22. The number of carbonyl (C=O) groups excluding carboxylic acids is 3. The van der Waals surface area contributed by atoms with Crippen LogP contribution < -0.4 is 15.5 Å². The fourth-order valence-electron chi connectivity index (χ4n) is 2.53. The number of rotatable bonds is 8. The number of likely N-dealkylation sites (tertiary alicyclic amines) is 1. The number of hydrazone groups is 1. The van der Waals surface area contributed by atoms with E-state index in [1.807, 2.05) is 11.8 Å². The number of nitrogens with one attached hydrogen (secondary N) is 2. The van der Waals surface area contributed by atoms with Gasteiger partial charge in [0.25, 0.3) is 5.91 Å². The third kappa shape index (κ3) is 7.08. The molecule has 1 saturated heterocycles. The highest BCUT2D eigenvalue weighted by Gasteiger charge is 2.18. The van der Waals surface area contributed by atoms with Crippen LogP contribution in [0.3, 0.4) is 0 Å². The zero-order valence-corrected chi connectivity index (χ0v) is 15.6. The Morgan fingerprint density at radius 1 is 1.15 bits per heavy atom. The van der Waals surface area contributed by atoms with E-state index in [0.717, 1.165) is 44.3 Å². The fraction of sp³-hybridized carbons (Fsp3) is 0.474. The lowest BCUT2D eigenvalue weighted by Gasteiger charge is -2.15. The maximum Gasteiger partial charge on any atom is 0.329 e. The molecule has 8 heteroatoms. The molecule has 1 aromatic carbocycles. The van der Waals surface area contributed by atoms with Gasteiger partial charge in [-0.05, 0) is 49.1 Å². The molecule has 0 saturated carbocycles.